The van der Waals surface area contributed by atoms with Crippen LogP contribution in [0.1, 0.15) is 0 Å². The largest absolute Gasteiger partial charge is 2.00 e. The Morgan fingerprint density at radius 2 is 0.917 bits per heavy atom. The Hall–Kier alpha value is 1.32. The quantitative estimate of drug-likeness (QED) is 0.285. The zero-order chi connectivity index (χ0) is 9.00. The monoisotopic (exact) mass is 259 g/mol. The fraction of sp³-hybridized carbons (Fsp3) is 0. The molecule has 0 fully saturated rings. The maximum atomic E-state index is 8.88. The van der Waals surface area contributed by atoms with Crippen molar-refractivity contribution < 1.29 is 74.1 Å². The van der Waals surface area contributed by atoms with Crippen LogP contribution in [-0.4, -0.2) is 14.7 Å². The predicted molar refractivity (Wildman–Crippen MR) is 21.9 cm³/mol. The molecule has 0 saturated heterocycles. The molecule has 0 atom stereocenters. The van der Waals surface area contributed by atoms with Crippen LogP contribution in [-0.2, 0) is 25.9 Å². The van der Waals surface area contributed by atoms with E-state index in [2.05, 4.69) is 0 Å². The Morgan fingerprint density at radius 1 is 0.917 bits per heavy atom. The van der Waals surface area contributed by atoms with Crippen LogP contribution in [0.5, 0.6) is 0 Å². The Morgan fingerprint density at radius 3 is 0.917 bits per heavy atom. The maximum absolute atomic E-state index is 8.88. The predicted octanol–water partition coefficient (Wildman–Crippen LogP) is -6.75. The van der Waals surface area contributed by atoms with Crippen LogP contribution in [0.15, 0.2) is 0 Å². The molecule has 0 bridgehead atoms. The maximum Gasteiger partial charge on any atom is 2.00 e. The molecule has 0 rings (SSSR count). The van der Waals surface area contributed by atoms with Gasteiger partial charge in [0.1, 0.15) is 0 Å². The topological polar surface area (TPSA) is 164 Å². The van der Waals surface area contributed by atoms with E-state index in [0.29, 0.717) is 0 Å². The molecule has 0 aliphatic heterocycles. The number of rotatable bonds is 0. The summed E-state index contributed by atoms with van der Waals surface area (Å²) in [6, 6.07) is 0. The molecule has 0 aliphatic rings. The van der Waals surface area contributed by atoms with Gasteiger partial charge in [-0.15, -0.1) is 0 Å². The number of hydrogen-bond donors (Lipinski definition) is 3. The van der Waals surface area contributed by atoms with Gasteiger partial charge < -0.3 is 33.9 Å². The van der Waals surface area contributed by atoms with E-state index in [9.17, 15) is 0 Å². The summed E-state index contributed by atoms with van der Waals surface area (Å²) in [5, 5.41) is 0. The van der Waals surface area contributed by atoms with E-state index in [1.807, 2.05) is 0 Å². The third-order valence-corrected chi connectivity index (χ3v) is 0. The van der Waals surface area contributed by atoms with E-state index < -0.39 is 15.6 Å². The van der Waals surface area contributed by atoms with Crippen molar-refractivity contribution >= 4 is 15.6 Å². The smallest absolute Gasteiger partial charge is 0.822 e. The molecule has 0 amide bonds. The third kappa shape index (κ3) is 689. The number of hydrogen-bond acceptors (Lipinski definition) is 5. The summed E-state index contributed by atoms with van der Waals surface area (Å²) in [5.41, 5.74) is 0. The summed E-state index contributed by atoms with van der Waals surface area (Å²) in [6.07, 6.45) is 0. The van der Waals surface area contributed by atoms with Crippen LogP contribution < -0.4 is 33.5 Å². The van der Waals surface area contributed by atoms with E-state index in [1.54, 1.807) is 0 Å². The van der Waals surface area contributed by atoms with Crippen molar-refractivity contribution in [2.45, 2.75) is 0 Å². The Labute approximate surface area is 89.9 Å². The van der Waals surface area contributed by atoms with E-state index in [-0.39, 0.29) is 35.6 Å². The summed E-state index contributed by atoms with van der Waals surface area (Å²) >= 11 is 0. The van der Waals surface area contributed by atoms with Crippen molar-refractivity contribution in [3.05, 3.63) is 0 Å². The van der Waals surface area contributed by atoms with Crippen LogP contribution in [0.4, 0.5) is 0 Å². The van der Waals surface area contributed by atoms with Gasteiger partial charge in [-0.3, -0.25) is 0 Å². The zero-order valence-electron chi connectivity index (χ0n) is 5.61. The first kappa shape index (κ1) is 23.3. The van der Waals surface area contributed by atoms with Gasteiger partial charge in [-0.25, -0.2) is 4.57 Å². The first-order chi connectivity index (χ1) is 4.00. The average molecular weight is 259 g/mol. The fourth-order valence-electron chi connectivity index (χ4n) is 0. The molecule has 71 valence electrons. The van der Waals surface area contributed by atoms with Crippen LogP contribution in [0.3, 0.4) is 0 Å². The summed E-state index contributed by atoms with van der Waals surface area (Å²) in [5.74, 6) is 0. The molecule has 0 heterocycles. The van der Waals surface area contributed by atoms with Crippen molar-refractivity contribution in [2.75, 3.05) is 0 Å². The van der Waals surface area contributed by atoms with E-state index in [4.69, 9.17) is 38.5 Å². The molecule has 0 aromatic heterocycles. The molecule has 0 aliphatic carbocycles. The van der Waals surface area contributed by atoms with Crippen molar-refractivity contribution in [3.8, 4) is 0 Å². The van der Waals surface area contributed by atoms with E-state index >= 15 is 0 Å². The standard InChI is InChI=1S/Co.Li.2H3O4P/c;;2*1-5(2,3)4/h;;2*(H3,1,2,3,4)/q+2;+1;;/p-3. The van der Waals surface area contributed by atoms with Gasteiger partial charge >= 0.3 is 43.5 Å². The summed E-state index contributed by atoms with van der Waals surface area (Å²) < 4.78 is 17.4. The Kier molecular flexibility index (Phi) is 17.3. The van der Waals surface area contributed by atoms with E-state index in [0.717, 1.165) is 0 Å². The molecule has 8 nitrogen and oxygen atoms in total. The minimum absolute atomic E-state index is 0. The first-order valence-electron chi connectivity index (χ1n) is 1.51. The second-order valence-electron chi connectivity index (χ2n) is 0.960. The first-order valence-corrected chi connectivity index (χ1v) is 4.54. The second-order valence-corrected chi connectivity index (χ2v) is 2.88. The molecule has 12 heteroatoms. The average Bonchev–Trinajstić information content (AvgIpc) is 1.12. The van der Waals surface area contributed by atoms with Gasteiger partial charge in [0.05, 0.1) is 0 Å². The minimum atomic E-state index is -5.39. The molecule has 0 aromatic carbocycles. The molecular formula is H3CoLiO8P2. The van der Waals surface area contributed by atoms with Crippen LogP contribution in [0, 0.1) is 0 Å². The van der Waals surface area contributed by atoms with Crippen molar-refractivity contribution in [3.63, 3.8) is 0 Å². The minimum Gasteiger partial charge on any atom is -0.822 e. The van der Waals surface area contributed by atoms with Gasteiger partial charge in [-0.05, 0) is 0 Å². The van der Waals surface area contributed by atoms with Gasteiger partial charge in [0.15, 0.2) is 0 Å². The second kappa shape index (κ2) is 8.90. The van der Waals surface area contributed by atoms with Crippen LogP contribution in [0.2, 0.25) is 0 Å². The SMILES string of the molecule is O=P(O)(O)O.O=P([O-])([O-])[O-].[Co+2].[Li+]. The molecule has 0 spiro atoms. The van der Waals surface area contributed by atoms with Crippen LogP contribution in [0.25, 0.3) is 0 Å². The van der Waals surface area contributed by atoms with Crippen molar-refractivity contribution in [1.29, 1.82) is 0 Å². The molecule has 0 saturated carbocycles. The van der Waals surface area contributed by atoms with Crippen LogP contribution >= 0.6 is 15.6 Å². The van der Waals surface area contributed by atoms with Gasteiger partial charge in [-0.2, -0.15) is 7.82 Å². The number of phosphoric acid groups is 2. The Balaban J connectivity index is -0.0000000457. The molecule has 3 N–H and O–H groups in total. The van der Waals surface area contributed by atoms with Gasteiger partial charge in [0.2, 0.25) is 0 Å². The Bertz CT molecular complexity index is 129. The van der Waals surface area contributed by atoms with Crippen molar-refractivity contribution in [2.24, 2.45) is 0 Å². The fourth-order valence-corrected chi connectivity index (χ4v) is 0. The normalized spacial score (nSPS) is 9.83. The molecular weight excluding hydrogens is 256 g/mol. The van der Waals surface area contributed by atoms with Gasteiger partial charge in [-0.1, -0.05) is 0 Å². The summed E-state index contributed by atoms with van der Waals surface area (Å²) in [6.45, 7) is 0. The van der Waals surface area contributed by atoms with Gasteiger partial charge in [0, 0.05) is 0 Å². The molecule has 12 heavy (non-hydrogen) atoms. The molecule has 0 aromatic rings. The van der Waals surface area contributed by atoms with Crippen molar-refractivity contribution in [1.82, 2.24) is 0 Å². The third-order valence-electron chi connectivity index (χ3n) is 0. The molecule has 1 radical (unpaired) electrons. The summed E-state index contributed by atoms with van der Waals surface area (Å²) in [4.78, 5) is 47.2. The summed E-state index contributed by atoms with van der Waals surface area (Å²) in [7, 11) is -10.0. The van der Waals surface area contributed by atoms with E-state index in [1.165, 1.54) is 0 Å². The molecule has 0 unspecified atom stereocenters. The zero-order valence-corrected chi connectivity index (χ0v) is 8.44. The van der Waals surface area contributed by atoms with Gasteiger partial charge in [0.25, 0.3) is 0 Å².